The molecule has 0 bridgehead atoms. The molecule has 0 fully saturated rings. The first-order chi connectivity index (χ1) is 10.5. The fourth-order valence-corrected chi connectivity index (χ4v) is 2.93. The lowest BCUT2D eigenvalue weighted by Crippen LogP contribution is -2.32. The van der Waals surface area contributed by atoms with Crippen molar-refractivity contribution in [3.05, 3.63) is 29.8 Å². The summed E-state index contributed by atoms with van der Waals surface area (Å²) in [6.07, 6.45) is 6.97. The highest BCUT2D eigenvalue weighted by molar-refractivity contribution is 7.89. The summed E-state index contributed by atoms with van der Waals surface area (Å²) in [5.74, 6) is 2.05. The van der Waals surface area contributed by atoms with Gasteiger partial charge in [0.1, 0.15) is 0 Å². The van der Waals surface area contributed by atoms with E-state index < -0.39 is 10.0 Å². The Labute approximate surface area is 132 Å². The predicted octanol–water partition coefficient (Wildman–Crippen LogP) is 1.86. The third kappa shape index (κ3) is 4.86. The van der Waals surface area contributed by atoms with Crippen LogP contribution in [0.3, 0.4) is 0 Å². The molecule has 1 aromatic rings. The Balaban J connectivity index is 3.01. The van der Waals surface area contributed by atoms with E-state index >= 15 is 0 Å². The Morgan fingerprint density at radius 2 is 2.09 bits per heavy atom. The van der Waals surface area contributed by atoms with Gasteiger partial charge in [0.15, 0.2) is 0 Å². The minimum absolute atomic E-state index is 0.0418. The molecule has 0 radical (unpaired) electrons. The van der Waals surface area contributed by atoms with Gasteiger partial charge >= 0.3 is 0 Å². The van der Waals surface area contributed by atoms with Gasteiger partial charge < -0.3 is 4.90 Å². The van der Waals surface area contributed by atoms with Crippen LogP contribution in [0, 0.1) is 12.3 Å². The number of unbranched alkanes of at least 4 members (excludes halogenated alkanes) is 1. The molecule has 1 N–H and O–H groups in total. The third-order valence-corrected chi connectivity index (χ3v) is 4.60. The number of carbonyl (C=O) groups is 1. The number of hydrogen-bond acceptors (Lipinski definition) is 3. The number of terminal acetylenes is 1. The molecule has 0 aliphatic heterocycles. The van der Waals surface area contributed by atoms with Crippen molar-refractivity contribution in [2.24, 2.45) is 0 Å². The summed E-state index contributed by atoms with van der Waals surface area (Å²) in [5, 5.41) is 0. The molecule has 120 valence electrons. The lowest BCUT2D eigenvalue weighted by atomic mass is 10.2. The van der Waals surface area contributed by atoms with E-state index in [0.717, 1.165) is 12.8 Å². The smallest absolute Gasteiger partial charge is 0.253 e. The lowest BCUT2D eigenvalue weighted by molar-refractivity contribution is 0.0762. The maximum atomic E-state index is 12.5. The monoisotopic (exact) mass is 322 g/mol. The summed E-state index contributed by atoms with van der Waals surface area (Å²) in [4.78, 5) is 14.2. The topological polar surface area (TPSA) is 66.5 Å². The maximum Gasteiger partial charge on any atom is 0.253 e. The Morgan fingerprint density at radius 3 is 2.68 bits per heavy atom. The van der Waals surface area contributed by atoms with Gasteiger partial charge in [-0.15, -0.1) is 6.42 Å². The number of nitrogens with one attached hydrogen (secondary N) is 1. The highest BCUT2D eigenvalue weighted by Gasteiger charge is 2.18. The van der Waals surface area contributed by atoms with E-state index in [9.17, 15) is 13.2 Å². The van der Waals surface area contributed by atoms with Crippen molar-refractivity contribution >= 4 is 15.9 Å². The average molecular weight is 322 g/mol. The van der Waals surface area contributed by atoms with Crippen LogP contribution in [-0.2, 0) is 10.0 Å². The lowest BCUT2D eigenvalue weighted by Gasteiger charge is -2.21. The summed E-state index contributed by atoms with van der Waals surface area (Å²) in [7, 11) is -3.69. The molecule has 0 saturated heterocycles. The van der Waals surface area contributed by atoms with Crippen LogP contribution in [0.4, 0.5) is 0 Å². The van der Waals surface area contributed by atoms with Crippen LogP contribution >= 0.6 is 0 Å². The molecule has 0 aliphatic carbocycles. The maximum absolute atomic E-state index is 12.5. The molecule has 0 unspecified atom stereocenters. The average Bonchev–Trinajstić information content (AvgIpc) is 2.53. The molecule has 0 aromatic heterocycles. The zero-order valence-electron chi connectivity index (χ0n) is 13.0. The molecule has 6 heteroatoms. The van der Waals surface area contributed by atoms with E-state index in [1.807, 2.05) is 6.92 Å². The third-order valence-electron chi connectivity index (χ3n) is 3.21. The van der Waals surface area contributed by atoms with Gasteiger partial charge in [0.2, 0.25) is 10.0 Å². The molecule has 0 spiro atoms. The number of hydrogen-bond donors (Lipinski definition) is 1. The summed E-state index contributed by atoms with van der Waals surface area (Å²) < 4.78 is 26.4. The fraction of sp³-hybridized carbons (Fsp3) is 0.438. The van der Waals surface area contributed by atoms with Gasteiger partial charge in [-0.2, -0.15) is 4.72 Å². The molecule has 1 aromatic carbocycles. The van der Waals surface area contributed by atoms with Crippen molar-refractivity contribution in [2.45, 2.75) is 31.6 Å². The van der Waals surface area contributed by atoms with Crippen LogP contribution in [0.15, 0.2) is 29.2 Å². The van der Waals surface area contributed by atoms with Crippen LogP contribution < -0.4 is 4.72 Å². The molecule has 22 heavy (non-hydrogen) atoms. The van der Waals surface area contributed by atoms with E-state index in [1.165, 1.54) is 12.1 Å². The van der Waals surface area contributed by atoms with E-state index in [4.69, 9.17) is 6.42 Å². The van der Waals surface area contributed by atoms with Crippen LogP contribution in [0.25, 0.3) is 0 Å². The molecular formula is C16H22N2O3S. The molecule has 0 atom stereocenters. The SMILES string of the molecule is C#CCNS(=O)(=O)c1cccc(C(=O)N(CC)CCCC)c1. The van der Waals surface area contributed by atoms with Crippen LogP contribution in [0.2, 0.25) is 0 Å². The van der Waals surface area contributed by atoms with Gasteiger partial charge in [-0.25, -0.2) is 8.42 Å². The molecule has 5 nitrogen and oxygen atoms in total. The number of rotatable bonds is 8. The van der Waals surface area contributed by atoms with Gasteiger partial charge in [0.25, 0.3) is 5.91 Å². The highest BCUT2D eigenvalue weighted by atomic mass is 32.2. The molecule has 0 aliphatic rings. The van der Waals surface area contributed by atoms with Crippen molar-refractivity contribution in [3.8, 4) is 12.3 Å². The van der Waals surface area contributed by atoms with E-state index in [2.05, 4.69) is 17.6 Å². The van der Waals surface area contributed by atoms with Gasteiger partial charge in [-0.05, 0) is 31.5 Å². The van der Waals surface area contributed by atoms with Gasteiger partial charge in [-0.3, -0.25) is 4.79 Å². The van der Waals surface area contributed by atoms with E-state index in [1.54, 1.807) is 17.0 Å². The number of sulfonamides is 1. The molecule has 0 heterocycles. The van der Waals surface area contributed by atoms with Crippen LogP contribution in [-0.4, -0.2) is 38.9 Å². The van der Waals surface area contributed by atoms with Crippen molar-refractivity contribution in [1.82, 2.24) is 9.62 Å². The van der Waals surface area contributed by atoms with Crippen molar-refractivity contribution in [2.75, 3.05) is 19.6 Å². The number of nitrogens with zero attached hydrogens (tertiary/aromatic N) is 1. The standard InChI is InChI=1S/C16H22N2O3S/c1-4-7-12-18(6-3)16(19)14-9-8-10-15(13-14)22(20,21)17-11-5-2/h2,8-10,13,17H,4,6-7,11-12H2,1,3H3. The summed E-state index contributed by atoms with van der Waals surface area (Å²) in [5.41, 5.74) is 0.363. The highest BCUT2D eigenvalue weighted by Crippen LogP contribution is 2.13. The zero-order valence-corrected chi connectivity index (χ0v) is 13.8. The number of benzene rings is 1. The Morgan fingerprint density at radius 1 is 1.36 bits per heavy atom. The predicted molar refractivity (Wildman–Crippen MR) is 86.9 cm³/mol. The van der Waals surface area contributed by atoms with E-state index in [-0.39, 0.29) is 17.3 Å². The second-order valence-electron chi connectivity index (χ2n) is 4.79. The summed E-state index contributed by atoms with van der Waals surface area (Å²) >= 11 is 0. The van der Waals surface area contributed by atoms with Gasteiger partial charge in [-0.1, -0.05) is 25.3 Å². The number of carbonyl (C=O) groups excluding carboxylic acids is 1. The second-order valence-corrected chi connectivity index (χ2v) is 6.56. The fourth-order valence-electron chi connectivity index (χ4n) is 1.95. The van der Waals surface area contributed by atoms with Crippen molar-refractivity contribution in [3.63, 3.8) is 0 Å². The normalized spacial score (nSPS) is 11.0. The summed E-state index contributed by atoms with van der Waals surface area (Å²) in [6.45, 7) is 5.13. The molecule has 1 rings (SSSR count). The second kappa shape index (κ2) is 8.57. The van der Waals surface area contributed by atoms with Gasteiger partial charge in [0.05, 0.1) is 11.4 Å². The minimum Gasteiger partial charge on any atom is -0.339 e. The number of amides is 1. The molecule has 1 amide bonds. The Hall–Kier alpha value is -1.84. The van der Waals surface area contributed by atoms with Crippen molar-refractivity contribution in [1.29, 1.82) is 0 Å². The van der Waals surface area contributed by atoms with Gasteiger partial charge in [0, 0.05) is 18.7 Å². The largest absolute Gasteiger partial charge is 0.339 e. The quantitative estimate of drug-likeness (QED) is 0.743. The first kappa shape index (κ1) is 18.2. The first-order valence-electron chi connectivity index (χ1n) is 7.28. The van der Waals surface area contributed by atoms with Crippen LogP contribution in [0.1, 0.15) is 37.0 Å². The minimum atomic E-state index is -3.69. The molecule has 0 saturated carbocycles. The summed E-state index contributed by atoms with van der Waals surface area (Å²) in [6, 6.07) is 6.01. The first-order valence-corrected chi connectivity index (χ1v) is 8.77. The van der Waals surface area contributed by atoms with Crippen molar-refractivity contribution < 1.29 is 13.2 Å². The Kier molecular flexibility index (Phi) is 7.09. The molecular weight excluding hydrogens is 300 g/mol. The zero-order chi connectivity index (χ0) is 16.6. The Bertz CT molecular complexity index is 648. The van der Waals surface area contributed by atoms with Crippen LogP contribution in [0.5, 0.6) is 0 Å². The van der Waals surface area contributed by atoms with E-state index in [0.29, 0.717) is 18.7 Å².